The third-order valence-electron chi connectivity index (χ3n) is 6.10. The Morgan fingerprint density at radius 1 is 1.06 bits per heavy atom. The van der Waals surface area contributed by atoms with E-state index in [4.69, 9.17) is 21.3 Å². The predicted octanol–water partition coefficient (Wildman–Crippen LogP) is 6.35. The summed E-state index contributed by atoms with van der Waals surface area (Å²) in [6, 6.07) is 15.6. The third-order valence-corrected chi connectivity index (χ3v) is 6.33. The molecule has 1 aliphatic rings. The summed E-state index contributed by atoms with van der Waals surface area (Å²) in [5.41, 5.74) is 2.67. The number of Topliss-reactive ketones (excluding diaryl/α,β-unsaturated/α-hetero) is 1. The number of ketones is 1. The van der Waals surface area contributed by atoms with E-state index in [1.54, 1.807) is 0 Å². The molecule has 0 aliphatic carbocycles. The van der Waals surface area contributed by atoms with E-state index >= 15 is 0 Å². The normalized spacial score (nSPS) is 14.5. The molecule has 1 aliphatic heterocycles. The van der Waals surface area contributed by atoms with E-state index in [1.807, 2.05) is 59.3 Å². The van der Waals surface area contributed by atoms with Gasteiger partial charge in [0.2, 0.25) is 0 Å². The number of rotatable bonds is 10. The maximum atomic E-state index is 12.6. The molecule has 6 heteroatoms. The van der Waals surface area contributed by atoms with E-state index in [0.29, 0.717) is 30.5 Å². The molecule has 0 saturated carbocycles. The zero-order valence-electron chi connectivity index (χ0n) is 20.2. The van der Waals surface area contributed by atoms with Gasteiger partial charge in [0, 0.05) is 35.3 Å². The van der Waals surface area contributed by atoms with Crippen LogP contribution in [0.5, 0.6) is 5.75 Å². The molecule has 0 unspecified atom stereocenters. The van der Waals surface area contributed by atoms with Crippen molar-refractivity contribution >= 4 is 17.4 Å². The second kappa shape index (κ2) is 11.7. The van der Waals surface area contributed by atoms with Crippen molar-refractivity contribution in [3.05, 3.63) is 59.8 Å². The van der Waals surface area contributed by atoms with Crippen LogP contribution in [-0.4, -0.2) is 46.5 Å². The molecule has 0 radical (unpaired) electrons. The van der Waals surface area contributed by atoms with Crippen LogP contribution in [0, 0.1) is 5.92 Å². The molecule has 1 fully saturated rings. The second-order valence-corrected chi connectivity index (χ2v) is 9.94. The number of carbonyl (C=O) groups is 1. The summed E-state index contributed by atoms with van der Waals surface area (Å²) < 4.78 is 8.01. The minimum Gasteiger partial charge on any atom is -0.492 e. The van der Waals surface area contributed by atoms with Crippen LogP contribution in [0.1, 0.15) is 39.5 Å². The molecule has 0 spiro atoms. The molecule has 4 rings (SSSR count). The Balaban J connectivity index is 1.54. The van der Waals surface area contributed by atoms with Gasteiger partial charge in [-0.25, -0.2) is 4.98 Å². The third kappa shape index (κ3) is 6.71. The SMILES string of the molecule is CC(C)CC(=O)Cn1cc(-c2cccc(OCCN3CCCCC3)c2)nc1-c1cccc(Cl)c1. The van der Waals surface area contributed by atoms with Crippen molar-refractivity contribution in [2.24, 2.45) is 5.92 Å². The first-order chi connectivity index (χ1) is 16.5. The van der Waals surface area contributed by atoms with Gasteiger partial charge in [-0.2, -0.15) is 0 Å². The number of hydrogen-bond donors (Lipinski definition) is 0. The summed E-state index contributed by atoms with van der Waals surface area (Å²) in [6.45, 7) is 8.38. The summed E-state index contributed by atoms with van der Waals surface area (Å²) in [6.07, 6.45) is 6.41. The predicted molar refractivity (Wildman–Crippen MR) is 138 cm³/mol. The number of halogens is 1. The summed E-state index contributed by atoms with van der Waals surface area (Å²) in [4.78, 5) is 20.0. The molecule has 2 heterocycles. The highest BCUT2D eigenvalue weighted by atomic mass is 35.5. The maximum absolute atomic E-state index is 12.6. The lowest BCUT2D eigenvalue weighted by molar-refractivity contribution is -0.120. The highest BCUT2D eigenvalue weighted by Gasteiger charge is 2.16. The Hall–Kier alpha value is -2.63. The fourth-order valence-electron chi connectivity index (χ4n) is 4.46. The summed E-state index contributed by atoms with van der Waals surface area (Å²) in [7, 11) is 0. The van der Waals surface area contributed by atoms with Crippen molar-refractivity contribution in [3.63, 3.8) is 0 Å². The quantitative estimate of drug-likeness (QED) is 0.340. The Bertz CT molecular complexity index is 1100. The molecule has 0 bridgehead atoms. The number of likely N-dealkylation sites (tertiary alicyclic amines) is 1. The standard InChI is InChI=1S/C28H34ClN3O2/c1-21(2)16-25(33)19-32-20-27(30-28(32)23-9-6-10-24(29)17-23)22-8-7-11-26(18-22)34-15-14-31-12-4-3-5-13-31/h6-11,17-18,20-21H,3-5,12-16,19H2,1-2H3. The second-order valence-electron chi connectivity index (χ2n) is 9.50. The highest BCUT2D eigenvalue weighted by Crippen LogP contribution is 2.29. The Morgan fingerprint density at radius 3 is 2.59 bits per heavy atom. The van der Waals surface area contributed by atoms with Gasteiger partial charge in [0.05, 0.1) is 12.2 Å². The minimum atomic E-state index is 0.192. The van der Waals surface area contributed by atoms with Crippen molar-refractivity contribution in [2.75, 3.05) is 26.2 Å². The Kier molecular flexibility index (Phi) is 8.41. The monoisotopic (exact) mass is 479 g/mol. The van der Waals surface area contributed by atoms with E-state index in [2.05, 4.69) is 18.7 Å². The zero-order valence-corrected chi connectivity index (χ0v) is 20.9. The maximum Gasteiger partial charge on any atom is 0.152 e. The Labute approximate surface area is 207 Å². The van der Waals surface area contributed by atoms with Crippen LogP contribution < -0.4 is 4.74 Å². The average molecular weight is 480 g/mol. The molecular formula is C28H34ClN3O2. The summed E-state index contributed by atoms with van der Waals surface area (Å²) in [5, 5.41) is 0.645. The highest BCUT2D eigenvalue weighted by molar-refractivity contribution is 6.30. The number of hydrogen-bond acceptors (Lipinski definition) is 4. The molecule has 5 nitrogen and oxygen atoms in total. The van der Waals surface area contributed by atoms with Crippen LogP contribution in [0.15, 0.2) is 54.7 Å². The van der Waals surface area contributed by atoms with Crippen molar-refractivity contribution in [3.8, 4) is 28.4 Å². The number of nitrogens with zero attached hydrogens (tertiary/aromatic N) is 3. The molecular weight excluding hydrogens is 446 g/mol. The molecule has 1 aromatic heterocycles. The first kappa shape index (κ1) is 24.5. The molecule has 1 saturated heterocycles. The summed E-state index contributed by atoms with van der Waals surface area (Å²) in [5.74, 6) is 2.09. The van der Waals surface area contributed by atoms with Crippen LogP contribution >= 0.6 is 11.6 Å². The lowest BCUT2D eigenvalue weighted by Crippen LogP contribution is -2.33. The number of ether oxygens (including phenoxy) is 1. The van der Waals surface area contributed by atoms with E-state index in [-0.39, 0.29) is 5.78 Å². The van der Waals surface area contributed by atoms with Gasteiger partial charge in [0.25, 0.3) is 0 Å². The summed E-state index contributed by atoms with van der Waals surface area (Å²) >= 11 is 6.25. The van der Waals surface area contributed by atoms with Crippen molar-refractivity contribution in [2.45, 2.75) is 46.1 Å². The van der Waals surface area contributed by atoms with Crippen molar-refractivity contribution in [1.82, 2.24) is 14.5 Å². The van der Waals surface area contributed by atoms with Gasteiger partial charge in [0.15, 0.2) is 5.78 Å². The van der Waals surface area contributed by atoms with Gasteiger partial charge in [-0.1, -0.05) is 56.1 Å². The lowest BCUT2D eigenvalue weighted by Gasteiger charge is -2.26. The van der Waals surface area contributed by atoms with E-state index in [9.17, 15) is 4.79 Å². The number of imidazole rings is 1. The molecule has 3 aromatic rings. The van der Waals surface area contributed by atoms with Crippen LogP contribution in [0.2, 0.25) is 5.02 Å². The van der Waals surface area contributed by atoms with Crippen LogP contribution in [0.4, 0.5) is 0 Å². The van der Waals surface area contributed by atoms with E-state index in [0.717, 1.165) is 34.9 Å². The molecule has 0 N–H and O–H groups in total. The average Bonchev–Trinajstić information content (AvgIpc) is 3.23. The minimum absolute atomic E-state index is 0.192. The fourth-order valence-corrected chi connectivity index (χ4v) is 4.65. The molecule has 0 atom stereocenters. The largest absolute Gasteiger partial charge is 0.492 e. The Morgan fingerprint density at radius 2 is 1.82 bits per heavy atom. The molecule has 180 valence electrons. The van der Waals surface area contributed by atoms with Crippen LogP contribution in [0.25, 0.3) is 22.6 Å². The first-order valence-electron chi connectivity index (χ1n) is 12.3. The molecule has 0 amide bonds. The van der Waals surface area contributed by atoms with E-state index < -0.39 is 0 Å². The van der Waals surface area contributed by atoms with Gasteiger partial charge < -0.3 is 9.30 Å². The van der Waals surface area contributed by atoms with Gasteiger partial charge in [-0.3, -0.25) is 9.69 Å². The van der Waals surface area contributed by atoms with Gasteiger partial charge in [0.1, 0.15) is 18.2 Å². The van der Waals surface area contributed by atoms with E-state index in [1.165, 1.54) is 32.4 Å². The fraction of sp³-hybridized carbons (Fsp3) is 0.429. The smallest absolute Gasteiger partial charge is 0.152 e. The number of carbonyl (C=O) groups excluding carboxylic acids is 1. The lowest BCUT2D eigenvalue weighted by atomic mass is 10.1. The zero-order chi connectivity index (χ0) is 23.9. The van der Waals surface area contributed by atoms with Crippen LogP contribution in [0.3, 0.4) is 0 Å². The van der Waals surface area contributed by atoms with Crippen molar-refractivity contribution < 1.29 is 9.53 Å². The topological polar surface area (TPSA) is 47.4 Å². The van der Waals surface area contributed by atoms with Crippen molar-refractivity contribution in [1.29, 1.82) is 0 Å². The molecule has 2 aromatic carbocycles. The first-order valence-corrected chi connectivity index (χ1v) is 12.7. The van der Waals surface area contributed by atoms with Gasteiger partial charge in [-0.15, -0.1) is 0 Å². The molecule has 34 heavy (non-hydrogen) atoms. The number of aromatic nitrogens is 2. The van der Waals surface area contributed by atoms with Gasteiger partial charge in [-0.05, 0) is 56.1 Å². The van der Waals surface area contributed by atoms with Gasteiger partial charge >= 0.3 is 0 Å². The van der Waals surface area contributed by atoms with Crippen LogP contribution in [-0.2, 0) is 11.3 Å². The number of benzene rings is 2. The number of piperidine rings is 1.